The van der Waals surface area contributed by atoms with E-state index < -0.39 is 10.0 Å². The third kappa shape index (κ3) is 5.58. The minimum atomic E-state index is -3.60. The van der Waals surface area contributed by atoms with Gasteiger partial charge in [0.1, 0.15) is 4.90 Å². The molecule has 0 saturated carbocycles. The van der Waals surface area contributed by atoms with Gasteiger partial charge >= 0.3 is 0 Å². The van der Waals surface area contributed by atoms with E-state index >= 15 is 0 Å². The second-order valence-electron chi connectivity index (χ2n) is 3.78. The van der Waals surface area contributed by atoms with Crippen molar-refractivity contribution in [3.63, 3.8) is 0 Å². The number of thioether (sulfide) groups is 1. The fraction of sp³-hybridized carbons (Fsp3) is 0.455. The van der Waals surface area contributed by atoms with Gasteiger partial charge in [0.05, 0.1) is 5.02 Å². The number of benzene rings is 1. The molecule has 0 radical (unpaired) electrons. The average molecular weight is 325 g/mol. The number of nitrogens with one attached hydrogen (secondary N) is 1. The van der Waals surface area contributed by atoms with Crippen LogP contribution in [0.3, 0.4) is 0 Å². The Labute approximate surface area is 122 Å². The Balaban J connectivity index is 2.52. The maximum Gasteiger partial charge on any atom is 0.242 e. The van der Waals surface area contributed by atoms with Crippen LogP contribution in [0.25, 0.3) is 0 Å². The molecule has 0 spiro atoms. The van der Waals surface area contributed by atoms with E-state index in [4.69, 9.17) is 22.4 Å². The zero-order valence-corrected chi connectivity index (χ0v) is 12.7. The summed E-state index contributed by atoms with van der Waals surface area (Å²) < 4.78 is 26.4. The summed E-state index contributed by atoms with van der Waals surface area (Å²) in [5, 5.41) is 8.72. The van der Waals surface area contributed by atoms with Crippen molar-refractivity contribution in [3.8, 4) is 0 Å². The zero-order chi connectivity index (χ0) is 14.3. The quantitative estimate of drug-likeness (QED) is 0.495. The summed E-state index contributed by atoms with van der Waals surface area (Å²) in [5.74, 6) is 1.45. The molecule has 108 valence electrons. The fourth-order valence-corrected chi connectivity index (χ4v) is 3.83. The van der Waals surface area contributed by atoms with Gasteiger partial charge in [-0.1, -0.05) is 11.6 Å². The summed E-state index contributed by atoms with van der Waals surface area (Å²) in [6, 6.07) is 4.29. The highest BCUT2D eigenvalue weighted by molar-refractivity contribution is 7.99. The van der Waals surface area contributed by atoms with Gasteiger partial charge in [-0.3, -0.25) is 0 Å². The highest BCUT2D eigenvalue weighted by Crippen LogP contribution is 2.23. The Morgan fingerprint density at radius 1 is 1.37 bits per heavy atom. The number of aliphatic hydroxyl groups is 1. The second-order valence-corrected chi connectivity index (χ2v) is 7.14. The Morgan fingerprint density at radius 2 is 2.11 bits per heavy atom. The minimum Gasteiger partial charge on any atom is -0.399 e. The standard InChI is InChI=1S/C11H17ClN2O3S2/c12-10-8-9(13)2-3-11(10)19(16,17)14-4-7-18-6-1-5-15/h2-3,8,14-15H,1,4-7,13H2. The van der Waals surface area contributed by atoms with Crippen LogP contribution in [0, 0.1) is 0 Å². The first-order valence-electron chi connectivity index (χ1n) is 5.70. The number of nitrogen functional groups attached to an aromatic ring is 1. The molecule has 1 aromatic rings. The molecule has 0 amide bonds. The van der Waals surface area contributed by atoms with E-state index in [-0.39, 0.29) is 16.5 Å². The molecule has 0 aliphatic heterocycles. The van der Waals surface area contributed by atoms with Crippen LogP contribution in [0.2, 0.25) is 5.02 Å². The van der Waals surface area contributed by atoms with E-state index in [0.29, 0.717) is 24.4 Å². The number of halogens is 1. The predicted octanol–water partition coefficient (Wildman–Crippen LogP) is 1.32. The fourth-order valence-electron chi connectivity index (χ4n) is 1.33. The molecule has 0 aliphatic carbocycles. The number of hydrogen-bond donors (Lipinski definition) is 3. The van der Waals surface area contributed by atoms with Crippen LogP contribution in [0.5, 0.6) is 0 Å². The molecule has 1 rings (SSSR count). The average Bonchev–Trinajstić information content (AvgIpc) is 2.33. The smallest absolute Gasteiger partial charge is 0.242 e. The molecule has 0 heterocycles. The third-order valence-electron chi connectivity index (χ3n) is 2.23. The molecule has 8 heteroatoms. The molecule has 0 atom stereocenters. The van der Waals surface area contributed by atoms with Gasteiger partial charge < -0.3 is 10.8 Å². The number of hydrogen-bond acceptors (Lipinski definition) is 5. The lowest BCUT2D eigenvalue weighted by atomic mass is 10.3. The van der Waals surface area contributed by atoms with Crippen molar-refractivity contribution < 1.29 is 13.5 Å². The molecule has 0 fully saturated rings. The topological polar surface area (TPSA) is 92.4 Å². The van der Waals surface area contributed by atoms with Crippen molar-refractivity contribution in [3.05, 3.63) is 23.2 Å². The Kier molecular flexibility index (Phi) is 6.95. The summed E-state index contributed by atoms with van der Waals surface area (Å²) in [6.45, 7) is 0.471. The molecular formula is C11H17ClN2O3S2. The molecule has 4 N–H and O–H groups in total. The molecule has 0 saturated heterocycles. The lowest BCUT2D eigenvalue weighted by molar-refractivity contribution is 0.296. The molecule has 19 heavy (non-hydrogen) atoms. The molecule has 1 aromatic carbocycles. The first kappa shape index (κ1) is 16.6. The maximum atomic E-state index is 12.0. The van der Waals surface area contributed by atoms with Gasteiger partial charge in [0.2, 0.25) is 10.0 Å². The lowest BCUT2D eigenvalue weighted by Crippen LogP contribution is -2.26. The van der Waals surface area contributed by atoms with Crippen molar-refractivity contribution in [1.82, 2.24) is 4.72 Å². The Morgan fingerprint density at radius 3 is 2.74 bits per heavy atom. The van der Waals surface area contributed by atoms with Gasteiger partial charge in [0.25, 0.3) is 0 Å². The van der Waals surface area contributed by atoms with Crippen LogP contribution in [0.4, 0.5) is 5.69 Å². The van der Waals surface area contributed by atoms with Crippen LogP contribution in [-0.4, -0.2) is 38.2 Å². The Hall–Kier alpha value is -0.470. The zero-order valence-electron chi connectivity index (χ0n) is 10.3. The highest BCUT2D eigenvalue weighted by Gasteiger charge is 2.17. The molecule has 5 nitrogen and oxygen atoms in total. The normalized spacial score (nSPS) is 11.7. The molecule has 0 aromatic heterocycles. The maximum absolute atomic E-state index is 12.0. The first-order valence-corrected chi connectivity index (χ1v) is 8.72. The van der Waals surface area contributed by atoms with Gasteiger partial charge in [-0.2, -0.15) is 11.8 Å². The van der Waals surface area contributed by atoms with E-state index in [2.05, 4.69) is 4.72 Å². The second kappa shape index (κ2) is 7.96. The van der Waals surface area contributed by atoms with Gasteiger partial charge in [0.15, 0.2) is 0 Å². The molecule has 0 unspecified atom stereocenters. The molecule has 0 bridgehead atoms. The monoisotopic (exact) mass is 324 g/mol. The van der Waals surface area contributed by atoms with Crippen molar-refractivity contribution in [1.29, 1.82) is 0 Å². The summed E-state index contributed by atoms with van der Waals surface area (Å²) in [4.78, 5) is 0.0312. The Bertz CT molecular complexity index is 509. The summed E-state index contributed by atoms with van der Waals surface area (Å²) in [5.41, 5.74) is 5.94. The van der Waals surface area contributed by atoms with Crippen molar-refractivity contribution in [2.45, 2.75) is 11.3 Å². The van der Waals surface area contributed by atoms with Crippen molar-refractivity contribution >= 4 is 39.1 Å². The summed E-state index contributed by atoms with van der Waals surface area (Å²) in [7, 11) is -3.60. The first-order chi connectivity index (χ1) is 8.97. The number of aliphatic hydroxyl groups excluding tert-OH is 1. The van der Waals surface area contributed by atoms with Crippen LogP contribution in [0.15, 0.2) is 23.1 Å². The van der Waals surface area contributed by atoms with Gasteiger partial charge in [-0.25, -0.2) is 13.1 Å². The van der Waals surface area contributed by atoms with Crippen LogP contribution in [0.1, 0.15) is 6.42 Å². The van der Waals surface area contributed by atoms with Crippen molar-refractivity contribution in [2.24, 2.45) is 0 Å². The predicted molar refractivity (Wildman–Crippen MR) is 80.1 cm³/mol. The van der Waals surface area contributed by atoms with E-state index in [1.165, 1.54) is 18.2 Å². The van der Waals surface area contributed by atoms with E-state index in [9.17, 15) is 8.42 Å². The van der Waals surface area contributed by atoms with Crippen LogP contribution < -0.4 is 10.5 Å². The molecular weight excluding hydrogens is 308 g/mol. The summed E-state index contributed by atoms with van der Waals surface area (Å²) >= 11 is 7.44. The van der Waals surface area contributed by atoms with E-state index in [1.807, 2.05) is 0 Å². The van der Waals surface area contributed by atoms with Gasteiger partial charge in [-0.05, 0) is 30.4 Å². The van der Waals surface area contributed by atoms with Crippen LogP contribution in [-0.2, 0) is 10.0 Å². The highest BCUT2D eigenvalue weighted by atomic mass is 35.5. The van der Waals surface area contributed by atoms with Gasteiger partial charge in [0, 0.05) is 24.6 Å². The molecule has 0 aliphatic rings. The number of sulfonamides is 1. The van der Waals surface area contributed by atoms with E-state index in [1.54, 1.807) is 11.8 Å². The number of rotatable bonds is 8. The van der Waals surface area contributed by atoms with Gasteiger partial charge in [-0.15, -0.1) is 0 Å². The minimum absolute atomic E-state index is 0.0312. The summed E-state index contributed by atoms with van der Waals surface area (Å²) in [6.07, 6.45) is 0.710. The third-order valence-corrected chi connectivity index (χ3v) is 5.24. The number of nitrogens with two attached hydrogens (primary N) is 1. The lowest BCUT2D eigenvalue weighted by Gasteiger charge is -2.08. The number of anilines is 1. The van der Waals surface area contributed by atoms with Crippen LogP contribution >= 0.6 is 23.4 Å². The largest absolute Gasteiger partial charge is 0.399 e. The van der Waals surface area contributed by atoms with E-state index in [0.717, 1.165) is 5.75 Å². The van der Waals surface area contributed by atoms with Crippen molar-refractivity contribution in [2.75, 3.05) is 30.4 Å². The SMILES string of the molecule is Nc1ccc(S(=O)(=O)NCCSCCCO)c(Cl)c1.